The number of ether oxygens (including phenoxy) is 1. The monoisotopic (exact) mass is 355 g/mol. The van der Waals surface area contributed by atoms with Gasteiger partial charge in [0.15, 0.2) is 17.1 Å². The Morgan fingerprint density at radius 3 is 2.59 bits per heavy atom. The SMILES string of the molecule is C=CC(=O)Cc1ccc(Oc2ccnc3cc(-c4ccccc4)oc23)cc1. The Labute approximate surface area is 156 Å². The molecule has 27 heavy (non-hydrogen) atoms. The van der Waals surface area contributed by atoms with E-state index in [4.69, 9.17) is 9.15 Å². The molecule has 0 bridgehead atoms. The van der Waals surface area contributed by atoms with Crippen LogP contribution in [0.2, 0.25) is 0 Å². The second kappa shape index (κ2) is 7.30. The summed E-state index contributed by atoms with van der Waals surface area (Å²) in [5.74, 6) is 1.99. The van der Waals surface area contributed by atoms with Gasteiger partial charge in [0.05, 0.1) is 0 Å². The first-order valence-corrected chi connectivity index (χ1v) is 8.59. The standard InChI is InChI=1S/C23H17NO3/c1-2-18(25)14-16-8-10-19(11-9-16)26-21-12-13-24-20-15-22(27-23(20)21)17-6-4-3-5-7-17/h2-13,15H,1,14H2. The van der Waals surface area contributed by atoms with E-state index in [-0.39, 0.29) is 5.78 Å². The number of ketones is 1. The molecule has 0 saturated carbocycles. The topological polar surface area (TPSA) is 52.3 Å². The van der Waals surface area contributed by atoms with Gasteiger partial charge in [-0.25, -0.2) is 0 Å². The normalized spacial score (nSPS) is 10.7. The van der Waals surface area contributed by atoms with E-state index < -0.39 is 0 Å². The lowest BCUT2D eigenvalue weighted by Crippen LogP contribution is -1.97. The van der Waals surface area contributed by atoms with Crippen LogP contribution in [0.3, 0.4) is 0 Å². The van der Waals surface area contributed by atoms with Crippen molar-refractivity contribution in [2.45, 2.75) is 6.42 Å². The molecule has 0 atom stereocenters. The van der Waals surface area contributed by atoms with E-state index in [1.165, 1.54) is 6.08 Å². The fourth-order valence-electron chi connectivity index (χ4n) is 2.82. The van der Waals surface area contributed by atoms with Crippen LogP contribution < -0.4 is 4.74 Å². The molecular weight excluding hydrogens is 338 g/mol. The Balaban J connectivity index is 1.61. The van der Waals surface area contributed by atoms with Gasteiger partial charge in [-0.2, -0.15) is 0 Å². The zero-order chi connectivity index (χ0) is 18.6. The molecule has 4 nitrogen and oxygen atoms in total. The van der Waals surface area contributed by atoms with E-state index >= 15 is 0 Å². The van der Waals surface area contributed by atoms with Gasteiger partial charge >= 0.3 is 0 Å². The number of furan rings is 1. The molecule has 0 unspecified atom stereocenters. The molecule has 0 amide bonds. The maximum Gasteiger partial charge on any atom is 0.195 e. The molecule has 0 radical (unpaired) electrons. The van der Waals surface area contributed by atoms with Crippen LogP contribution in [0, 0.1) is 0 Å². The van der Waals surface area contributed by atoms with Gasteiger partial charge in [-0.1, -0.05) is 49.0 Å². The molecule has 132 valence electrons. The van der Waals surface area contributed by atoms with Gasteiger partial charge in [0.2, 0.25) is 0 Å². The Morgan fingerprint density at radius 1 is 1.07 bits per heavy atom. The molecule has 4 aromatic rings. The highest BCUT2D eigenvalue weighted by Crippen LogP contribution is 2.34. The number of carbonyl (C=O) groups is 1. The Hall–Kier alpha value is -3.66. The minimum absolute atomic E-state index is 0.0106. The summed E-state index contributed by atoms with van der Waals surface area (Å²) in [5.41, 5.74) is 3.23. The summed E-state index contributed by atoms with van der Waals surface area (Å²) in [4.78, 5) is 15.8. The molecule has 0 saturated heterocycles. The average Bonchev–Trinajstić information content (AvgIpc) is 3.15. The van der Waals surface area contributed by atoms with Crippen molar-refractivity contribution >= 4 is 16.9 Å². The van der Waals surface area contributed by atoms with Gasteiger partial charge in [-0.05, 0) is 23.8 Å². The van der Waals surface area contributed by atoms with Crippen molar-refractivity contribution in [1.29, 1.82) is 0 Å². The number of nitrogens with zero attached hydrogens (tertiary/aromatic N) is 1. The average molecular weight is 355 g/mol. The van der Waals surface area contributed by atoms with Gasteiger partial charge in [-0.3, -0.25) is 9.78 Å². The third-order valence-corrected chi connectivity index (χ3v) is 4.19. The number of pyridine rings is 1. The molecule has 0 spiro atoms. The Bertz CT molecular complexity index is 1100. The number of benzene rings is 2. The van der Waals surface area contributed by atoms with Crippen LogP contribution in [0.1, 0.15) is 5.56 Å². The molecule has 2 aromatic carbocycles. The van der Waals surface area contributed by atoms with Crippen LogP contribution >= 0.6 is 0 Å². The van der Waals surface area contributed by atoms with Crippen molar-refractivity contribution in [2.75, 3.05) is 0 Å². The molecule has 2 heterocycles. The summed E-state index contributed by atoms with van der Waals surface area (Å²) in [5, 5.41) is 0. The van der Waals surface area contributed by atoms with E-state index in [1.54, 1.807) is 12.3 Å². The zero-order valence-electron chi connectivity index (χ0n) is 14.6. The Morgan fingerprint density at radius 2 is 1.85 bits per heavy atom. The summed E-state index contributed by atoms with van der Waals surface area (Å²) in [6, 6.07) is 20.9. The molecular formula is C23H17NO3. The molecule has 2 aromatic heterocycles. The number of hydrogen-bond donors (Lipinski definition) is 0. The highest BCUT2D eigenvalue weighted by Gasteiger charge is 2.12. The maximum absolute atomic E-state index is 11.5. The van der Waals surface area contributed by atoms with Crippen molar-refractivity contribution in [1.82, 2.24) is 4.98 Å². The van der Waals surface area contributed by atoms with Gasteiger partial charge in [0.1, 0.15) is 17.0 Å². The van der Waals surface area contributed by atoms with Crippen LogP contribution in [0.15, 0.2) is 90.0 Å². The first-order valence-electron chi connectivity index (χ1n) is 8.59. The van der Waals surface area contributed by atoms with E-state index in [2.05, 4.69) is 11.6 Å². The van der Waals surface area contributed by atoms with Crippen molar-refractivity contribution < 1.29 is 13.9 Å². The minimum atomic E-state index is -0.0106. The lowest BCUT2D eigenvalue weighted by atomic mass is 10.1. The number of carbonyl (C=O) groups excluding carboxylic acids is 1. The molecule has 0 N–H and O–H groups in total. The highest BCUT2D eigenvalue weighted by molar-refractivity contribution is 5.90. The zero-order valence-corrected chi connectivity index (χ0v) is 14.6. The third-order valence-electron chi connectivity index (χ3n) is 4.19. The molecule has 0 aliphatic heterocycles. The van der Waals surface area contributed by atoms with E-state index in [0.29, 0.717) is 23.5 Å². The van der Waals surface area contributed by atoms with E-state index in [1.807, 2.05) is 60.7 Å². The molecule has 0 aliphatic rings. The summed E-state index contributed by atoms with van der Waals surface area (Å²) in [6.45, 7) is 3.49. The lowest BCUT2D eigenvalue weighted by Gasteiger charge is -2.06. The summed E-state index contributed by atoms with van der Waals surface area (Å²) in [7, 11) is 0. The van der Waals surface area contributed by atoms with Crippen LogP contribution in [0.5, 0.6) is 11.5 Å². The number of fused-ring (bicyclic) bond motifs is 1. The fourth-order valence-corrected chi connectivity index (χ4v) is 2.82. The first-order chi connectivity index (χ1) is 13.2. The number of aromatic nitrogens is 1. The second-order valence-corrected chi connectivity index (χ2v) is 6.09. The van der Waals surface area contributed by atoms with Gasteiger partial charge in [-0.15, -0.1) is 0 Å². The van der Waals surface area contributed by atoms with Crippen molar-refractivity contribution in [3.05, 3.63) is 91.1 Å². The largest absolute Gasteiger partial charge is 0.453 e. The number of allylic oxidation sites excluding steroid dienone is 1. The van der Waals surface area contributed by atoms with Crippen LogP contribution in [0.25, 0.3) is 22.4 Å². The predicted octanol–water partition coefficient (Wildman–Crippen LogP) is 5.58. The fraction of sp³-hybridized carbons (Fsp3) is 0.0435. The summed E-state index contributed by atoms with van der Waals surface area (Å²) < 4.78 is 12.0. The van der Waals surface area contributed by atoms with E-state index in [0.717, 1.165) is 22.4 Å². The van der Waals surface area contributed by atoms with Crippen molar-refractivity contribution in [3.63, 3.8) is 0 Å². The van der Waals surface area contributed by atoms with Crippen LogP contribution in [-0.4, -0.2) is 10.8 Å². The second-order valence-electron chi connectivity index (χ2n) is 6.09. The molecule has 0 fully saturated rings. The molecule has 4 rings (SSSR count). The van der Waals surface area contributed by atoms with Crippen LogP contribution in [0.4, 0.5) is 0 Å². The van der Waals surface area contributed by atoms with Crippen LogP contribution in [-0.2, 0) is 11.2 Å². The predicted molar refractivity (Wildman–Crippen MR) is 105 cm³/mol. The number of hydrogen-bond acceptors (Lipinski definition) is 4. The smallest absolute Gasteiger partial charge is 0.195 e. The van der Waals surface area contributed by atoms with Gasteiger partial charge in [0.25, 0.3) is 0 Å². The quantitative estimate of drug-likeness (QED) is 0.423. The number of rotatable bonds is 6. The minimum Gasteiger partial charge on any atom is -0.453 e. The molecule has 0 aliphatic carbocycles. The lowest BCUT2D eigenvalue weighted by molar-refractivity contribution is -0.114. The summed E-state index contributed by atoms with van der Waals surface area (Å²) >= 11 is 0. The first kappa shape index (κ1) is 16.8. The van der Waals surface area contributed by atoms with E-state index in [9.17, 15) is 4.79 Å². The maximum atomic E-state index is 11.5. The van der Waals surface area contributed by atoms with Crippen molar-refractivity contribution in [2.24, 2.45) is 0 Å². The summed E-state index contributed by atoms with van der Waals surface area (Å²) in [6.07, 6.45) is 3.36. The molecule has 4 heteroatoms. The van der Waals surface area contributed by atoms with Gasteiger partial charge < -0.3 is 9.15 Å². The van der Waals surface area contributed by atoms with Crippen molar-refractivity contribution in [3.8, 4) is 22.8 Å². The Kier molecular flexibility index (Phi) is 4.54. The van der Waals surface area contributed by atoms with Gasteiger partial charge in [0, 0.05) is 30.3 Å². The third kappa shape index (κ3) is 3.65. The highest BCUT2D eigenvalue weighted by atomic mass is 16.5.